The van der Waals surface area contributed by atoms with E-state index in [1.54, 1.807) is 0 Å². The zero-order valence-electron chi connectivity index (χ0n) is 18.4. The van der Waals surface area contributed by atoms with Crippen LogP contribution >= 0.6 is 0 Å². The van der Waals surface area contributed by atoms with Crippen LogP contribution in [0.4, 0.5) is 4.79 Å². The molecule has 0 aromatic heterocycles. The maximum atomic E-state index is 12.8. The Labute approximate surface area is 179 Å². The number of benzene rings is 1. The fourth-order valence-corrected chi connectivity index (χ4v) is 4.55. The minimum atomic E-state index is -0.458. The molecule has 3 aliphatic rings. The Morgan fingerprint density at radius 3 is 2.40 bits per heavy atom. The quantitative estimate of drug-likeness (QED) is 0.812. The molecule has 2 heterocycles. The molecule has 0 spiro atoms. The summed E-state index contributed by atoms with van der Waals surface area (Å²) in [6, 6.07) is 6.63. The molecule has 2 fully saturated rings. The highest BCUT2D eigenvalue weighted by Gasteiger charge is 2.29. The number of carbonyl (C=O) groups excluding carboxylic acids is 2. The first kappa shape index (κ1) is 20.9. The summed E-state index contributed by atoms with van der Waals surface area (Å²) < 4.78 is 5.50. The van der Waals surface area contributed by atoms with E-state index in [1.807, 2.05) is 30.6 Å². The van der Waals surface area contributed by atoms with Gasteiger partial charge in [0.1, 0.15) is 5.60 Å². The number of rotatable bonds is 2. The van der Waals surface area contributed by atoms with Crippen molar-refractivity contribution in [3.05, 3.63) is 40.5 Å². The van der Waals surface area contributed by atoms with Gasteiger partial charge >= 0.3 is 6.09 Å². The van der Waals surface area contributed by atoms with Crippen molar-refractivity contribution >= 4 is 18.1 Å². The number of carbonyl (C=O) groups is 2. The number of nitrogens with one attached hydrogen (secondary N) is 1. The van der Waals surface area contributed by atoms with Crippen LogP contribution in [0.3, 0.4) is 0 Å². The number of fused-ring (bicyclic) bond motifs is 1. The fourth-order valence-electron chi connectivity index (χ4n) is 4.55. The Balaban J connectivity index is 1.35. The standard InChI is InChI=1S/C24H33N3O3/c1-24(2,3)30-23(29)27-10-6-17(7-11-27)18-4-5-19-15-21(16-20(19)14-18)22(28)26-12-8-25-9-13-26/h4-5,14-15,17,25H,6-13,16H2,1-3H3. The number of likely N-dealkylation sites (tertiary alicyclic amines) is 1. The van der Waals surface area contributed by atoms with Crippen molar-refractivity contribution in [3.8, 4) is 0 Å². The first-order valence-corrected chi connectivity index (χ1v) is 11.1. The van der Waals surface area contributed by atoms with Gasteiger partial charge in [0.2, 0.25) is 5.91 Å². The monoisotopic (exact) mass is 411 g/mol. The van der Waals surface area contributed by atoms with Crippen LogP contribution in [0.2, 0.25) is 0 Å². The topological polar surface area (TPSA) is 61.9 Å². The van der Waals surface area contributed by atoms with Crippen molar-refractivity contribution in [2.45, 2.75) is 51.6 Å². The molecule has 1 aliphatic carbocycles. The number of amides is 2. The van der Waals surface area contributed by atoms with Crippen LogP contribution < -0.4 is 5.32 Å². The number of hydrogen-bond acceptors (Lipinski definition) is 4. The van der Waals surface area contributed by atoms with E-state index in [0.29, 0.717) is 5.92 Å². The summed E-state index contributed by atoms with van der Waals surface area (Å²) >= 11 is 0. The first-order chi connectivity index (χ1) is 14.3. The highest BCUT2D eigenvalue weighted by molar-refractivity contribution is 6.00. The van der Waals surface area contributed by atoms with E-state index in [2.05, 4.69) is 29.6 Å². The van der Waals surface area contributed by atoms with Crippen molar-refractivity contribution in [3.63, 3.8) is 0 Å². The number of hydrogen-bond donors (Lipinski definition) is 1. The zero-order chi connectivity index (χ0) is 21.3. The Morgan fingerprint density at radius 1 is 1.03 bits per heavy atom. The lowest BCUT2D eigenvalue weighted by molar-refractivity contribution is -0.127. The van der Waals surface area contributed by atoms with Gasteiger partial charge in [0.25, 0.3) is 0 Å². The van der Waals surface area contributed by atoms with E-state index < -0.39 is 5.60 Å². The number of nitrogens with zero attached hydrogens (tertiary/aromatic N) is 2. The lowest BCUT2D eigenvalue weighted by Crippen LogP contribution is -2.46. The van der Waals surface area contributed by atoms with E-state index in [0.717, 1.165) is 64.1 Å². The molecule has 0 bridgehead atoms. The third kappa shape index (κ3) is 4.69. The fraction of sp³-hybridized carbons (Fsp3) is 0.583. The summed E-state index contributed by atoms with van der Waals surface area (Å²) in [6.45, 7) is 10.5. The van der Waals surface area contributed by atoms with Crippen LogP contribution in [0, 0.1) is 0 Å². The van der Waals surface area contributed by atoms with Gasteiger partial charge in [0.15, 0.2) is 0 Å². The van der Waals surface area contributed by atoms with Gasteiger partial charge in [0.05, 0.1) is 0 Å². The minimum absolute atomic E-state index is 0.180. The van der Waals surface area contributed by atoms with Crippen LogP contribution in [0.1, 0.15) is 56.2 Å². The summed E-state index contributed by atoms with van der Waals surface area (Å²) in [5.74, 6) is 0.627. The van der Waals surface area contributed by atoms with Gasteiger partial charge in [-0.15, -0.1) is 0 Å². The molecule has 4 rings (SSSR count). The van der Waals surface area contributed by atoms with Crippen LogP contribution in [0.5, 0.6) is 0 Å². The molecule has 2 aliphatic heterocycles. The lowest BCUT2D eigenvalue weighted by Gasteiger charge is -2.33. The lowest BCUT2D eigenvalue weighted by atomic mass is 9.88. The molecule has 0 radical (unpaired) electrons. The van der Waals surface area contributed by atoms with E-state index in [9.17, 15) is 9.59 Å². The summed E-state index contributed by atoms with van der Waals surface area (Å²) in [5, 5.41) is 3.30. The maximum absolute atomic E-state index is 12.8. The highest BCUT2D eigenvalue weighted by Crippen LogP contribution is 2.33. The second-order valence-corrected chi connectivity index (χ2v) is 9.59. The molecule has 2 saturated heterocycles. The van der Waals surface area contributed by atoms with Gasteiger partial charge in [-0.3, -0.25) is 4.79 Å². The normalized spacial score (nSPS) is 20.0. The summed E-state index contributed by atoms with van der Waals surface area (Å²) in [7, 11) is 0. The van der Waals surface area contributed by atoms with Crippen LogP contribution in [-0.2, 0) is 16.0 Å². The molecule has 0 unspecified atom stereocenters. The molecule has 1 aromatic rings. The summed E-state index contributed by atoms with van der Waals surface area (Å²) in [6.07, 6.45) is 4.46. The largest absolute Gasteiger partial charge is 0.444 e. The Kier molecular flexibility index (Phi) is 5.87. The molecular weight excluding hydrogens is 378 g/mol. The molecule has 6 heteroatoms. The van der Waals surface area contributed by atoms with Gasteiger partial charge < -0.3 is 19.9 Å². The van der Waals surface area contributed by atoms with Crippen LogP contribution in [-0.4, -0.2) is 66.7 Å². The molecular formula is C24H33N3O3. The number of ether oxygens (including phenoxy) is 1. The summed E-state index contributed by atoms with van der Waals surface area (Å²) in [4.78, 5) is 28.9. The van der Waals surface area contributed by atoms with Crippen molar-refractivity contribution in [2.75, 3.05) is 39.3 Å². The summed E-state index contributed by atoms with van der Waals surface area (Å²) in [5.41, 5.74) is 4.19. The molecule has 30 heavy (non-hydrogen) atoms. The molecule has 1 N–H and O–H groups in total. The van der Waals surface area contributed by atoms with E-state index in [4.69, 9.17) is 4.74 Å². The highest BCUT2D eigenvalue weighted by atomic mass is 16.6. The molecule has 162 valence electrons. The van der Waals surface area contributed by atoms with Crippen molar-refractivity contribution in [1.82, 2.24) is 15.1 Å². The predicted octanol–water partition coefficient (Wildman–Crippen LogP) is 3.17. The molecule has 0 atom stereocenters. The van der Waals surface area contributed by atoms with Crippen LogP contribution in [0.25, 0.3) is 6.08 Å². The smallest absolute Gasteiger partial charge is 0.410 e. The first-order valence-electron chi connectivity index (χ1n) is 11.1. The number of piperidine rings is 1. The Bertz CT molecular complexity index is 842. The Morgan fingerprint density at radius 2 is 1.73 bits per heavy atom. The van der Waals surface area contributed by atoms with Gasteiger partial charge in [-0.05, 0) is 62.3 Å². The van der Waals surface area contributed by atoms with Crippen molar-refractivity contribution < 1.29 is 14.3 Å². The van der Waals surface area contributed by atoms with E-state index in [1.165, 1.54) is 16.7 Å². The average Bonchev–Trinajstić information content (AvgIpc) is 3.16. The van der Waals surface area contributed by atoms with E-state index >= 15 is 0 Å². The zero-order valence-corrected chi connectivity index (χ0v) is 18.4. The van der Waals surface area contributed by atoms with Gasteiger partial charge in [-0.1, -0.05) is 18.2 Å². The molecule has 2 amide bonds. The minimum Gasteiger partial charge on any atom is -0.444 e. The van der Waals surface area contributed by atoms with E-state index in [-0.39, 0.29) is 12.0 Å². The second-order valence-electron chi connectivity index (χ2n) is 9.59. The van der Waals surface area contributed by atoms with Gasteiger partial charge in [-0.25, -0.2) is 4.79 Å². The third-order valence-corrected chi connectivity index (χ3v) is 6.17. The molecule has 1 aromatic carbocycles. The van der Waals surface area contributed by atoms with Crippen LogP contribution in [0.15, 0.2) is 23.8 Å². The molecule has 6 nitrogen and oxygen atoms in total. The SMILES string of the molecule is CC(C)(C)OC(=O)N1CCC(c2ccc3c(c2)CC(C(=O)N2CCNCC2)=C3)CC1. The van der Waals surface area contributed by atoms with Gasteiger partial charge in [-0.2, -0.15) is 0 Å². The van der Waals surface area contributed by atoms with Gasteiger partial charge in [0, 0.05) is 51.3 Å². The average molecular weight is 412 g/mol. The maximum Gasteiger partial charge on any atom is 0.410 e. The third-order valence-electron chi connectivity index (χ3n) is 6.17. The van der Waals surface area contributed by atoms with Crippen molar-refractivity contribution in [1.29, 1.82) is 0 Å². The van der Waals surface area contributed by atoms with Crippen molar-refractivity contribution in [2.24, 2.45) is 0 Å². The second kappa shape index (κ2) is 8.42. The Hall–Kier alpha value is -2.34. The molecule has 0 saturated carbocycles. The predicted molar refractivity (Wildman–Crippen MR) is 117 cm³/mol. The number of piperazine rings is 1.